The normalized spacial score (nSPS) is 25.1. The minimum Gasteiger partial charge on any atom is -0.393 e. The van der Waals surface area contributed by atoms with E-state index in [1.807, 2.05) is 0 Å². The zero-order valence-corrected chi connectivity index (χ0v) is 14.0. The molecule has 0 aromatic carbocycles. The number of aliphatic hydroxyl groups is 1. The van der Waals surface area contributed by atoms with Gasteiger partial charge in [0, 0.05) is 25.7 Å². The minimum atomic E-state index is -0.360. The molecular weight excluding hydrogens is 278 g/mol. The summed E-state index contributed by atoms with van der Waals surface area (Å²) in [6, 6.07) is 0.398. The van der Waals surface area contributed by atoms with E-state index in [-0.39, 0.29) is 12.1 Å². The fourth-order valence-electron chi connectivity index (χ4n) is 3.74. The Kier molecular flexibility index (Phi) is 7.46. The van der Waals surface area contributed by atoms with Crippen molar-refractivity contribution in [3.63, 3.8) is 0 Å². The molecule has 2 fully saturated rings. The van der Waals surface area contributed by atoms with Crippen LogP contribution in [-0.2, 0) is 0 Å². The van der Waals surface area contributed by atoms with Gasteiger partial charge in [-0.25, -0.2) is 4.79 Å². The Labute approximate surface area is 134 Å². The van der Waals surface area contributed by atoms with Crippen molar-refractivity contribution in [2.24, 2.45) is 5.92 Å². The summed E-state index contributed by atoms with van der Waals surface area (Å²) < 4.78 is 0. The minimum absolute atomic E-state index is 0.106. The number of aliphatic hydroxyl groups excluding tert-OH is 1. The van der Waals surface area contributed by atoms with Crippen molar-refractivity contribution < 1.29 is 9.90 Å². The summed E-state index contributed by atoms with van der Waals surface area (Å²) in [6.07, 6.45) is 9.66. The highest BCUT2D eigenvalue weighted by atomic mass is 16.3. The predicted octanol–water partition coefficient (Wildman–Crippen LogP) is 2.10. The smallest absolute Gasteiger partial charge is 0.314 e. The van der Waals surface area contributed by atoms with Crippen LogP contribution in [0.15, 0.2) is 0 Å². The Morgan fingerprint density at radius 2 is 1.95 bits per heavy atom. The molecule has 5 nitrogen and oxygen atoms in total. The molecule has 1 saturated carbocycles. The first-order chi connectivity index (χ1) is 10.6. The predicted molar refractivity (Wildman–Crippen MR) is 88.9 cm³/mol. The number of urea groups is 1. The van der Waals surface area contributed by atoms with Crippen molar-refractivity contribution in [3.05, 3.63) is 0 Å². The fourth-order valence-corrected chi connectivity index (χ4v) is 3.74. The molecule has 2 atom stereocenters. The first-order valence-electron chi connectivity index (χ1n) is 9.09. The first-order valence-corrected chi connectivity index (χ1v) is 9.09. The molecule has 2 rings (SSSR count). The van der Waals surface area contributed by atoms with Crippen molar-refractivity contribution in [2.75, 3.05) is 26.2 Å². The number of amides is 2. The van der Waals surface area contributed by atoms with Gasteiger partial charge in [-0.2, -0.15) is 0 Å². The maximum atomic E-state index is 11.8. The highest BCUT2D eigenvalue weighted by molar-refractivity contribution is 5.73. The Balaban J connectivity index is 1.64. The first kappa shape index (κ1) is 17.5. The Morgan fingerprint density at radius 1 is 1.18 bits per heavy atom. The fraction of sp³-hybridized carbons (Fsp3) is 0.941. The van der Waals surface area contributed by atoms with Crippen LogP contribution in [0.5, 0.6) is 0 Å². The quantitative estimate of drug-likeness (QED) is 0.674. The van der Waals surface area contributed by atoms with Crippen LogP contribution in [0, 0.1) is 5.92 Å². The second kappa shape index (κ2) is 9.36. The van der Waals surface area contributed by atoms with Crippen LogP contribution >= 0.6 is 0 Å². The standard InChI is InChI=1S/C17H33N3O2/c1-14(21)9-10-18-17(22)19-12-16-8-5-11-20(16)13-15-6-3-2-4-7-15/h14-16,21H,2-13H2,1H3,(H2,18,19,22). The second-order valence-corrected chi connectivity index (χ2v) is 7.07. The van der Waals surface area contributed by atoms with E-state index in [4.69, 9.17) is 0 Å². The van der Waals surface area contributed by atoms with Crippen molar-refractivity contribution >= 4 is 6.03 Å². The third kappa shape index (κ3) is 6.13. The van der Waals surface area contributed by atoms with E-state index < -0.39 is 0 Å². The molecule has 22 heavy (non-hydrogen) atoms. The maximum absolute atomic E-state index is 11.8. The van der Waals surface area contributed by atoms with E-state index in [0.717, 1.165) is 12.5 Å². The van der Waals surface area contributed by atoms with Gasteiger partial charge in [0.1, 0.15) is 0 Å². The van der Waals surface area contributed by atoms with Gasteiger partial charge in [-0.05, 0) is 51.5 Å². The lowest BCUT2D eigenvalue weighted by molar-refractivity contribution is 0.179. The van der Waals surface area contributed by atoms with E-state index in [9.17, 15) is 9.90 Å². The van der Waals surface area contributed by atoms with E-state index in [1.54, 1.807) is 6.92 Å². The number of rotatable bonds is 7. The summed E-state index contributed by atoms with van der Waals surface area (Å²) >= 11 is 0. The maximum Gasteiger partial charge on any atom is 0.314 e. The number of likely N-dealkylation sites (tertiary alicyclic amines) is 1. The topological polar surface area (TPSA) is 64.6 Å². The van der Waals surface area contributed by atoms with Gasteiger partial charge in [0.25, 0.3) is 0 Å². The van der Waals surface area contributed by atoms with E-state index in [1.165, 1.54) is 58.0 Å². The van der Waals surface area contributed by atoms with Crippen molar-refractivity contribution in [1.82, 2.24) is 15.5 Å². The number of hydrogen-bond acceptors (Lipinski definition) is 3. The molecule has 0 bridgehead atoms. The lowest BCUT2D eigenvalue weighted by Gasteiger charge is -2.31. The van der Waals surface area contributed by atoms with E-state index in [0.29, 0.717) is 19.0 Å². The molecule has 0 aromatic rings. The molecule has 1 heterocycles. The Hall–Kier alpha value is -0.810. The van der Waals surface area contributed by atoms with Gasteiger partial charge in [0.2, 0.25) is 0 Å². The molecule has 128 valence electrons. The number of carbonyl (C=O) groups is 1. The molecule has 0 aromatic heterocycles. The van der Waals surface area contributed by atoms with Crippen LogP contribution < -0.4 is 10.6 Å². The summed E-state index contributed by atoms with van der Waals surface area (Å²) in [7, 11) is 0. The zero-order chi connectivity index (χ0) is 15.8. The van der Waals surface area contributed by atoms with Gasteiger partial charge in [-0.15, -0.1) is 0 Å². The van der Waals surface area contributed by atoms with Crippen LogP contribution in [0.1, 0.15) is 58.3 Å². The molecule has 2 aliphatic rings. The highest BCUT2D eigenvalue weighted by Gasteiger charge is 2.27. The molecule has 5 heteroatoms. The summed E-state index contributed by atoms with van der Waals surface area (Å²) in [4.78, 5) is 14.3. The second-order valence-electron chi connectivity index (χ2n) is 7.07. The average Bonchev–Trinajstić information content (AvgIpc) is 2.93. The van der Waals surface area contributed by atoms with Crippen LogP contribution in [0.4, 0.5) is 4.79 Å². The van der Waals surface area contributed by atoms with Gasteiger partial charge < -0.3 is 15.7 Å². The van der Waals surface area contributed by atoms with Gasteiger partial charge in [-0.3, -0.25) is 4.90 Å². The summed E-state index contributed by atoms with van der Waals surface area (Å²) in [5, 5.41) is 15.0. The Morgan fingerprint density at radius 3 is 2.68 bits per heavy atom. The summed E-state index contributed by atoms with van der Waals surface area (Å²) in [5.41, 5.74) is 0. The summed E-state index contributed by atoms with van der Waals surface area (Å²) in [5.74, 6) is 0.870. The van der Waals surface area contributed by atoms with Crippen LogP contribution in [-0.4, -0.2) is 54.4 Å². The Bertz CT molecular complexity index is 330. The monoisotopic (exact) mass is 311 g/mol. The molecule has 2 unspecified atom stereocenters. The van der Waals surface area contributed by atoms with Crippen LogP contribution in [0.25, 0.3) is 0 Å². The molecule has 1 aliphatic carbocycles. The van der Waals surface area contributed by atoms with Crippen molar-refractivity contribution in [1.29, 1.82) is 0 Å². The molecule has 0 radical (unpaired) electrons. The molecule has 1 saturated heterocycles. The van der Waals surface area contributed by atoms with Gasteiger partial charge in [0.15, 0.2) is 0 Å². The lowest BCUT2D eigenvalue weighted by Crippen LogP contribution is -2.45. The molecule has 3 N–H and O–H groups in total. The van der Waals surface area contributed by atoms with E-state index in [2.05, 4.69) is 15.5 Å². The zero-order valence-electron chi connectivity index (χ0n) is 14.0. The number of nitrogens with one attached hydrogen (secondary N) is 2. The largest absolute Gasteiger partial charge is 0.393 e. The number of hydrogen-bond donors (Lipinski definition) is 3. The SMILES string of the molecule is CC(O)CCNC(=O)NCC1CCCN1CC1CCCCC1. The van der Waals surface area contributed by atoms with Crippen LogP contribution in [0.3, 0.4) is 0 Å². The van der Waals surface area contributed by atoms with Gasteiger partial charge in [0.05, 0.1) is 6.10 Å². The molecule has 0 spiro atoms. The molecule has 1 aliphatic heterocycles. The third-order valence-electron chi connectivity index (χ3n) is 5.06. The van der Waals surface area contributed by atoms with E-state index >= 15 is 0 Å². The summed E-state index contributed by atoms with van der Waals surface area (Å²) in [6.45, 7) is 5.41. The van der Waals surface area contributed by atoms with Gasteiger partial charge in [-0.1, -0.05) is 19.3 Å². The van der Waals surface area contributed by atoms with Gasteiger partial charge >= 0.3 is 6.03 Å². The molecular formula is C17H33N3O2. The molecule has 2 amide bonds. The lowest BCUT2D eigenvalue weighted by atomic mass is 9.89. The third-order valence-corrected chi connectivity index (χ3v) is 5.06. The number of carbonyl (C=O) groups excluding carboxylic acids is 1. The van der Waals surface area contributed by atoms with Crippen LogP contribution in [0.2, 0.25) is 0 Å². The highest BCUT2D eigenvalue weighted by Crippen LogP contribution is 2.27. The average molecular weight is 311 g/mol. The van der Waals surface area contributed by atoms with Crippen molar-refractivity contribution in [2.45, 2.75) is 70.4 Å². The number of nitrogens with zero attached hydrogens (tertiary/aromatic N) is 1. The van der Waals surface area contributed by atoms with Crippen molar-refractivity contribution in [3.8, 4) is 0 Å².